The number of hydrogen-bond acceptors (Lipinski definition) is 3. The highest BCUT2D eigenvalue weighted by Gasteiger charge is 2.62. The van der Waals surface area contributed by atoms with Gasteiger partial charge in [-0.15, -0.1) is 0 Å². The van der Waals surface area contributed by atoms with Crippen molar-refractivity contribution in [2.45, 2.75) is 214 Å². The Morgan fingerprint density at radius 2 is 1.46 bits per heavy atom. The van der Waals surface area contributed by atoms with Crippen molar-refractivity contribution in [1.29, 1.82) is 0 Å². The largest absolute Gasteiger partial charge is 0.462 e. The normalized spacial score (nSPS) is 38.3. The van der Waals surface area contributed by atoms with Gasteiger partial charge in [-0.3, -0.25) is 4.79 Å². The number of allylic oxidation sites excluding steroid dienone is 2. The van der Waals surface area contributed by atoms with Crippen LogP contribution in [0.15, 0.2) is 12.2 Å². The van der Waals surface area contributed by atoms with E-state index in [2.05, 4.69) is 39.8 Å². The molecule has 1 N–H and O–H groups in total. The molecule has 0 unspecified atom stereocenters. The lowest BCUT2D eigenvalue weighted by molar-refractivity contribution is -0.183. The van der Waals surface area contributed by atoms with E-state index in [0.717, 1.165) is 77.0 Å². The van der Waals surface area contributed by atoms with Crippen LogP contribution < -0.4 is 0 Å². The Kier molecular flexibility index (Phi) is 12.6. The van der Waals surface area contributed by atoms with Gasteiger partial charge in [-0.25, -0.2) is 0 Å². The number of carbonyl (C=O) groups excluding carboxylic acids is 1. The number of unbranched alkanes of at least 4 members (excludes halogenated alkanes) is 11. The standard InChI is InChI=1S/C45H80O3/c1-7-8-9-10-11-12-13-14-15-16-17-18-19-20-21-25-43(47)48-36-28-30-45(6)40-29-31-44(5)38(35(4)24-22-23-34(2)3)26-27-39(44)37(40)33-42(46)41(45)32-36/h14-15,34-42,46H,7-13,16-33H2,1-6H3/b15-14-/t35-,36+,37+,38-,39+,40+,41-,42+,44-,45-/m1/s1/i2D3,3D3,34D. The Morgan fingerprint density at radius 1 is 0.812 bits per heavy atom. The second-order valence-electron chi connectivity index (χ2n) is 17.6. The maximum atomic E-state index is 12.9. The molecular weight excluding hydrogens is 588 g/mol. The third kappa shape index (κ3) is 10.6. The van der Waals surface area contributed by atoms with Crippen LogP contribution in [0.25, 0.3) is 0 Å². The number of aliphatic hydroxyl groups is 1. The summed E-state index contributed by atoms with van der Waals surface area (Å²) in [5.41, 5.74) is 0.189. The molecule has 0 radical (unpaired) electrons. The Bertz CT molecular complexity index is 1190. The zero-order valence-electron chi connectivity index (χ0n) is 38.7. The highest BCUT2D eigenvalue weighted by molar-refractivity contribution is 5.69. The highest BCUT2D eigenvalue weighted by Crippen LogP contribution is 2.68. The quantitative estimate of drug-likeness (QED) is 0.0748. The van der Waals surface area contributed by atoms with Crippen LogP contribution in [0.4, 0.5) is 0 Å². The lowest BCUT2D eigenvalue weighted by Gasteiger charge is -2.62. The average Bonchev–Trinajstić information content (AvgIpc) is 3.47. The van der Waals surface area contributed by atoms with Crippen LogP contribution in [0.5, 0.6) is 0 Å². The first kappa shape index (κ1) is 30.8. The molecule has 0 aromatic heterocycles. The summed E-state index contributed by atoms with van der Waals surface area (Å²) in [6.45, 7) is 3.67. The highest BCUT2D eigenvalue weighted by atomic mass is 16.5. The molecule has 278 valence electrons. The molecule has 3 heteroatoms. The molecular formula is C45H80O3. The van der Waals surface area contributed by atoms with Crippen LogP contribution in [0, 0.1) is 52.2 Å². The van der Waals surface area contributed by atoms with Gasteiger partial charge in [0, 0.05) is 16.0 Å². The molecule has 10 atom stereocenters. The van der Waals surface area contributed by atoms with E-state index in [-0.39, 0.29) is 41.3 Å². The van der Waals surface area contributed by atoms with Gasteiger partial charge in [-0.1, -0.05) is 124 Å². The van der Waals surface area contributed by atoms with Gasteiger partial charge < -0.3 is 9.84 Å². The number of esters is 1. The predicted molar refractivity (Wildman–Crippen MR) is 204 cm³/mol. The van der Waals surface area contributed by atoms with Gasteiger partial charge in [-0.05, 0) is 136 Å². The van der Waals surface area contributed by atoms with Crippen molar-refractivity contribution in [3.63, 3.8) is 0 Å². The molecule has 0 bridgehead atoms. The van der Waals surface area contributed by atoms with E-state index in [4.69, 9.17) is 14.3 Å². The molecule has 0 amide bonds. The van der Waals surface area contributed by atoms with Crippen molar-refractivity contribution in [2.24, 2.45) is 52.2 Å². The van der Waals surface area contributed by atoms with E-state index in [1.54, 1.807) is 0 Å². The summed E-state index contributed by atoms with van der Waals surface area (Å²) in [7, 11) is 0. The van der Waals surface area contributed by atoms with Crippen molar-refractivity contribution in [3.8, 4) is 0 Å². The maximum absolute atomic E-state index is 12.9. The molecule has 0 spiro atoms. The molecule has 4 rings (SSSR count). The van der Waals surface area contributed by atoms with Crippen molar-refractivity contribution in [3.05, 3.63) is 12.2 Å². The fourth-order valence-corrected chi connectivity index (χ4v) is 11.7. The summed E-state index contributed by atoms with van der Waals surface area (Å²) in [4.78, 5) is 12.9. The third-order valence-electron chi connectivity index (χ3n) is 14.4. The first-order valence-electron chi connectivity index (χ1n) is 24.4. The Balaban J connectivity index is 1.17. The van der Waals surface area contributed by atoms with Crippen LogP contribution in [-0.4, -0.2) is 23.3 Å². The summed E-state index contributed by atoms with van der Waals surface area (Å²) in [6.07, 6.45) is 29.8. The first-order chi connectivity index (χ1) is 25.9. The van der Waals surface area contributed by atoms with Gasteiger partial charge in [0.05, 0.1) is 6.10 Å². The fraction of sp³-hybridized carbons (Fsp3) is 0.933. The van der Waals surface area contributed by atoms with E-state index in [1.807, 2.05) is 0 Å². The molecule has 4 aliphatic rings. The summed E-state index contributed by atoms with van der Waals surface area (Å²) in [5.74, 6) is -0.000957. The summed E-state index contributed by atoms with van der Waals surface area (Å²) < 4.78 is 61.3. The number of rotatable bonds is 21. The van der Waals surface area contributed by atoms with Crippen molar-refractivity contribution < 1.29 is 24.2 Å². The molecule has 4 aliphatic carbocycles. The zero-order valence-corrected chi connectivity index (χ0v) is 31.7. The van der Waals surface area contributed by atoms with E-state index < -0.39 is 19.6 Å². The molecule has 48 heavy (non-hydrogen) atoms. The predicted octanol–water partition coefficient (Wildman–Crippen LogP) is 13.0. The lowest BCUT2D eigenvalue weighted by atomic mass is 9.43. The van der Waals surface area contributed by atoms with Crippen molar-refractivity contribution in [1.82, 2.24) is 0 Å². The molecule has 0 saturated heterocycles. The Hall–Kier alpha value is -0.830. The summed E-state index contributed by atoms with van der Waals surface area (Å²) >= 11 is 0. The van der Waals surface area contributed by atoms with Crippen molar-refractivity contribution >= 4 is 5.97 Å². The number of fused-ring (bicyclic) bond motifs is 5. The SMILES string of the molecule is [2H]C([2H])([2H])C([2H])(CCC[C@@H](C)[C@H]1CC[C@H]2[C@@H]3C[C@H](O)[C@H]4C[C@@H](OC(=O)CCCCCCC/C=C\CCCCCCCC)CC[C@]4(C)[C@H]3CC[C@]12C)C([2H])([2H])[2H]. The molecule has 0 aliphatic heterocycles. The minimum atomic E-state index is -2.86. The van der Waals surface area contributed by atoms with Gasteiger partial charge in [0.2, 0.25) is 0 Å². The number of hydrogen-bond donors (Lipinski definition) is 1. The minimum Gasteiger partial charge on any atom is -0.462 e. The zero-order chi connectivity index (χ0) is 40.5. The summed E-state index contributed by atoms with van der Waals surface area (Å²) in [6, 6.07) is 0. The topological polar surface area (TPSA) is 46.5 Å². The molecule has 3 nitrogen and oxygen atoms in total. The van der Waals surface area contributed by atoms with Gasteiger partial charge in [0.25, 0.3) is 0 Å². The van der Waals surface area contributed by atoms with Crippen LogP contribution in [0.3, 0.4) is 0 Å². The molecule has 0 aromatic carbocycles. The maximum Gasteiger partial charge on any atom is 0.306 e. The van der Waals surface area contributed by atoms with Crippen LogP contribution >= 0.6 is 0 Å². The van der Waals surface area contributed by atoms with Gasteiger partial charge in [0.15, 0.2) is 0 Å². The molecule has 4 fully saturated rings. The number of carbonyl (C=O) groups is 1. The lowest BCUT2D eigenvalue weighted by Crippen LogP contribution is -2.58. The second-order valence-corrected chi connectivity index (χ2v) is 17.6. The van der Waals surface area contributed by atoms with E-state index >= 15 is 0 Å². The van der Waals surface area contributed by atoms with Crippen LogP contribution in [0.1, 0.15) is 212 Å². The summed E-state index contributed by atoms with van der Waals surface area (Å²) in [5, 5.41) is 11.8. The molecule has 0 aromatic rings. The molecule has 0 heterocycles. The van der Waals surface area contributed by atoms with E-state index in [0.29, 0.717) is 42.4 Å². The van der Waals surface area contributed by atoms with Gasteiger partial charge >= 0.3 is 5.97 Å². The van der Waals surface area contributed by atoms with Gasteiger partial charge in [-0.2, -0.15) is 0 Å². The number of ether oxygens (including phenoxy) is 1. The van der Waals surface area contributed by atoms with Crippen LogP contribution in [-0.2, 0) is 9.53 Å². The smallest absolute Gasteiger partial charge is 0.306 e. The fourth-order valence-electron chi connectivity index (χ4n) is 11.7. The van der Waals surface area contributed by atoms with Crippen LogP contribution in [0.2, 0.25) is 0 Å². The number of aliphatic hydroxyl groups excluding tert-OH is 1. The van der Waals surface area contributed by atoms with E-state index in [1.165, 1.54) is 64.2 Å². The Labute approximate surface area is 308 Å². The Morgan fingerprint density at radius 3 is 2.17 bits per heavy atom. The first-order valence-corrected chi connectivity index (χ1v) is 20.9. The monoisotopic (exact) mass is 676 g/mol. The van der Waals surface area contributed by atoms with E-state index in [9.17, 15) is 9.90 Å². The average molecular weight is 676 g/mol. The third-order valence-corrected chi connectivity index (χ3v) is 14.4. The van der Waals surface area contributed by atoms with Gasteiger partial charge in [0.1, 0.15) is 6.10 Å². The minimum absolute atomic E-state index is 0.0434. The molecule has 4 saturated carbocycles. The van der Waals surface area contributed by atoms with Crippen molar-refractivity contribution in [2.75, 3.05) is 0 Å². The second kappa shape index (κ2) is 19.7.